The first kappa shape index (κ1) is 8.48. The topological polar surface area (TPSA) is 32.7 Å². The lowest BCUT2D eigenvalue weighted by Crippen LogP contribution is -2.57. The van der Waals surface area contributed by atoms with Crippen LogP contribution in [0.3, 0.4) is 0 Å². The molecule has 12 heavy (non-hydrogen) atoms. The summed E-state index contributed by atoms with van der Waals surface area (Å²) in [6.45, 7) is 3.35. The maximum atomic E-state index is 9.98. The molecule has 2 rings (SSSR count). The van der Waals surface area contributed by atoms with Gasteiger partial charge in [-0.2, -0.15) is 0 Å². The van der Waals surface area contributed by atoms with E-state index >= 15 is 0 Å². The van der Waals surface area contributed by atoms with Gasteiger partial charge in [0.25, 0.3) is 0 Å². The molecule has 0 amide bonds. The second-order valence-corrected chi connectivity index (χ2v) is 4.17. The molecule has 0 aromatic rings. The Hall–Kier alpha value is -0.120. The first-order valence-corrected chi connectivity index (χ1v) is 4.69. The van der Waals surface area contributed by atoms with E-state index in [9.17, 15) is 5.11 Å². The fraction of sp³-hybridized carbons (Fsp3) is 1.00. The highest BCUT2D eigenvalue weighted by atomic mass is 16.5. The van der Waals surface area contributed by atoms with Crippen molar-refractivity contribution in [3.63, 3.8) is 0 Å². The minimum Gasteiger partial charge on any atom is -0.385 e. The zero-order chi connectivity index (χ0) is 8.60. The Kier molecular flexibility index (Phi) is 2.10. The minimum absolute atomic E-state index is 0.471. The monoisotopic (exact) mass is 171 g/mol. The first-order chi connectivity index (χ1) is 5.71. The molecular weight excluding hydrogens is 154 g/mol. The van der Waals surface area contributed by atoms with Gasteiger partial charge >= 0.3 is 0 Å². The molecule has 0 saturated carbocycles. The first-order valence-electron chi connectivity index (χ1n) is 4.69. The lowest BCUT2D eigenvalue weighted by atomic mass is 9.79. The summed E-state index contributed by atoms with van der Waals surface area (Å²) in [5.74, 6) is 0.474. The lowest BCUT2D eigenvalue weighted by Gasteiger charge is -2.45. The summed E-state index contributed by atoms with van der Waals surface area (Å²) in [5.41, 5.74) is -0.471. The number of ether oxygens (including phenoxy) is 1. The number of piperidine rings is 1. The normalized spacial score (nSPS) is 31.5. The molecule has 0 spiro atoms. The van der Waals surface area contributed by atoms with Crippen molar-refractivity contribution in [1.82, 2.24) is 4.90 Å². The van der Waals surface area contributed by atoms with Crippen LogP contribution in [-0.2, 0) is 4.74 Å². The molecule has 0 atom stereocenters. The van der Waals surface area contributed by atoms with E-state index in [1.807, 2.05) is 0 Å². The third kappa shape index (κ3) is 1.37. The molecule has 2 aliphatic heterocycles. The highest BCUT2D eigenvalue weighted by Gasteiger charge is 2.44. The van der Waals surface area contributed by atoms with Crippen molar-refractivity contribution < 1.29 is 9.84 Å². The minimum atomic E-state index is -0.471. The zero-order valence-corrected chi connectivity index (χ0v) is 7.62. The van der Waals surface area contributed by atoms with Gasteiger partial charge in [0.2, 0.25) is 0 Å². The van der Waals surface area contributed by atoms with E-state index in [-0.39, 0.29) is 0 Å². The van der Waals surface area contributed by atoms with E-state index in [1.54, 1.807) is 0 Å². The molecular formula is C9H17NO2. The predicted molar refractivity (Wildman–Crippen MR) is 46.0 cm³/mol. The van der Waals surface area contributed by atoms with Crippen molar-refractivity contribution in [1.29, 1.82) is 0 Å². The summed E-state index contributed by atoms with van der Waals surface area (Å²) in [7, 11) is 2.14. The lowest BCUT2D eigenvalue weighted by molar-refractivity contribution is -0.213. The number of hydrogen-bond donors (Lipinski definition) is 1. The Morgan fingerprint density at radius 3 is 2.33 bits per heavy atom. The fourth-order valence-corrected chi connectivity index (χ4v) is 2.09. The van der Waals surface area contributed by atoms with Crippen LogP contribution in [0.4, 0.5) is 0 Å². The van der Waals surface area contributed by atoms with Crippen molar-refractivity contribution >= 4 is 0 Å². The van der Waals surface area contributed by atoms with Gasteiger partial charge in [-0.25, -0.2) is 0 Å². The van der Waals surface area contributed by atoms with Gasteiger partial charge in [0.15, 0.2) is 0 Å². The van der Waals surface area contributed by atoms with Crippen LogP contribution in [0.2, 0.25) is 0 Å². The highest BCUT2D eigenvalue weighted by molar-refractivity contribution is 4.94. The summed E-state index contributed by atoms with van der Waals surface area (Å²) in [4.78, 5) is 2.32. The van der Waals surface area contributed by atoms with E-state index in [0.717, 1.165) is 25.9 Å². The number of hydrogen-bond acceptors (Lipinski definition) is 3. The van der Waals surface area contributed by atoms with Gasteiger partial charge in [-0.3, -0.25) is 0 Å². The van der Waals surface area contributed by atoms with Gasteiger partial charge in [0.05, 0.1) is 13.2 Å². The molecule has 2 fully saturated rings. The van der Waals surface area contributed by atoms with Gasteiger partial charge in [0.1, 0.15) is 5.60 Å². The van der Waals surface area contributed by atoms with Crippen molar-refractivity contribution in [2.75, 3.05) is 33.4 Å². The van der Waals surface area contributed by atoms with E-state index < -0.39 is 5.60 Å². The Balaban J connectivity index is 1.88. The third-order valence-corrected chi connectivity index (χ3v) is 3.18. The largest absolute Gasteiger partial charge is 0.385 e. The molecule has 1 N–H and O–H groups in total. The van der Waals surface area contributed by atoms with Crippen LogP contribution in [0.25, 0.3) is 0 Å². The van der Waals surface area contributed by atoms with Crippen molar-refractivity contribution in [3.8, 4) is 0 Å². The Bertz CT molecular complexity index is 160. The maximum absolute atomic E-state index is 9.98. The molecule has 70 valence electrons. The van der Waals surface area contributed by atoms with Crippen molar-refractivity contribution in [2.24, 2.45) is 5.92 Å². The zero-order valence-electron chi connectivity index (χ0n) is 7.62. The van der Waals surface area contributed by atoms with Crippen LogP contribution in [0.1, 0.15) is 12.8 Å². The van der Waals surface area contributed by atoms with Gasteiger partial charge in [-0.15, -0.1) is 0 Å². The number of rotatable bonds is 1. The SMILES string of the molecule is CN1CCC(C2(O)COC2)CC1. The molecule has 0 aromatic heterocycles. The number of aliphatic hydroxyl groups is 1. The second-order valence-electron chi connectivity index (χ2n) is 4.17. The standard InChI is InChI=1S/C9H17NO2/c1-10-4-2-8(3-5-10)9(11)6-12-7-9/h8,11H,2-7H2,1H3. The molecule has 0 aliphatic carbocycles. The van der Waals surface area contributed by atoms with Crippen LogP contribution in [-0.4, -0.2) is 49.0 Å². The molecule has 3 heteroatoms. The van der Waals surface area contributed by atoms with E-state index in [1.165, 1.54) is 0 Å². The van der Waals surface area contributed by atoms with E-state index in [4.69, 9.17) is 4.74 Å². The average molecular weight is 171 g/mol. The average Bonchev–Trinajstić information content (AvgIpc) is 2.02. The molecule has 0 bridgehead atoms. The smallest absolute Gasteiger partial charge is 0.114 e. The highest BCUT2D eigenvalue weighted by Crippen LogP contribution is 2.33. The van der Waals surface area contributed by atoms with Crippen LogP contribution >= 0.6 is 0 Å². The van der Waals surface area contributed by atoms with Crippen LogP contribution in [0.15, 0.2) is 0 Å². The summed E-state index contributed by atoms with van der Waals surface area (Å²) in [5, 5.41) is 9.98. The molecule has 2 heterocycles. The summed E-state index contributed by atoms with van der Waals surface area (Å²) in [6, 6.07) is 0. The van der Waals surface area contributed by atoms with Crippen LogP contribution < -0.4 is 0 Å². The van der Waals surface area contributed by atoms with Gasteiger partial charge in [-0.05, 0) is 38.9 Å². The van der Waals surface area contributed by atoms with Crippen LogP contribution in [0, 0.1) is 5.92 Å². The van der Waals surface area contributed by atoms with E-state index in [2.05, 4.69) is 11.9 Å². The van der Waals surface area contributed by atoms with Gasteiger partial charge < -0.3 is 14.7 Å². The third-order valence-electron chi connectivity index (χ3n) is 3.18. The van der Waals surface area contributed by atoms with Crippen molar-refractivity contribution in [3.05, 3.63) is 0 Å². The Morgan fingerprint density at radius 1 is 1.33 bits per heavy atom. The van der Waals surface area contributed by atoms with Gasteiger partial charge in [-0.1, -0.05) is 0 Å². The Morgan fingerprint density at radius 2 is 1.92 bits per heavy atom. The summed E-state index contributed by atoms with van der Waals surface area (Å²) < 4.78 is 5.05. The number of likely N-dealkylation sites (tertiary alicyclic amines) is 1. The molecule has 2 saturated heterocycles. The van der Waals surface area contributed by atoms with E-state index in [0.29, 0.717) is 19.1 Å². The maximum Gasteiger partial charge on any atom is 0.114 e. The molecule has 3 nitrogen and oxygen atoms in total. The second kappa shape index (κ2) is 2.98. The van der Waals surface area contributed by atoms with Crippen molar-refractivity contribution in [2.45, 2.75) is 18.4 Å². The summed E-state index contributed by atoms with van der Waals surface area (Å²) in [6.07, 6.45) is 2.24. The number of nitrogens with zero attached hydrogens (tertiary/aromatic N) is 1. The van der Waals surface area contributed by atoms with Gasteiger partial charge in [0, 0.05) is 0 Å². The quantitative estimate of drug-likeness (QED) is 0.607. The fourth-order valence-electron chi connectivity index (χ4n) is 2.09. The predicted octanol–water partition coefficient (Wildman–Crippen LogP) is 0.0895. The Labute approximate surface area is 73.3 Å². The molecule has 0 unspecified atom stereocenters. The molecule has 0 aromatic carbocycles. The van der Waals surface area contributed by atoms with Crippen LogP contribution in [0.5, 0.6) is 0 Å². The molecule has 2 aliphatic rings. The summed E-state index contributed by atoms with van der Waals surface area (Å²) >= 11 is 0. The molecule has 0 radical (unpaired) electrons.